The Morgan fingerprint density at radius 2 is 1.81 bits per heavy atom. The standard InChI is InChI=1S/C24H27F2N3O2/c1-16-8-11-28(12-9-16)24(31)23-19-5-3-2-4-17(19)10-13-29(23)15-22(30)27-21-14-18(25)6-7-20(21)26/h2-7,14,16,23H,8-13,15H2,1H3,(H,27,30)/t23-/m0/s1. The number of anilines is 1. The summed E-state index contributed by atoms with van der Waals surface area (Å²) in [6.45, 7) is 4.09. The molecule has 164 valence electrons. The third kappa shape index (κ3) is 4.77. The number of carbonyl (C=O) groups is 2. The van der Waals surface area contributed by atoms with Crippen molar-refractivity contribution in [2.45, 2.75) is 32.2 Å². The largest absolute Gasteiger partial charge is 0.341 e. The first-order chi connectivity index (χ1) is 14.9. The minimum atomic E-state index is -0.700. The van der Waals surface area contributed by atoms with Crippen molar-refractivity contribution in [2.75, 3.05) is 31.5 Å². The molecule has 31 heavy (non-hydrogen) atoms. The second kappa shape index (κ2) is 9.14. The van der Waals surface area contributed by atoms with Crippen LogP contribution in [0.2, 0.25) is 0 Å². The van der Waals surface area contributed by atoms with E-state index < -0.39 is 23.6 Å². The molecule has 1 N–H and O–H groups in total. The molecular formula is C24H27F2N3O2. The molecule has 4 rings (SSSR count). The highest BCUT2D eigenvalue weighted by molar-refractivity contribution is 5.93. The van der Waals surface area contributed by atoms with Crippen LogP contribution in [0.3, 0.4) is 0 Å². The van der Waals surface area contributed by atoms with E-state index in [2.05, 4.69) is 12.2 Å². The van der Waals surface area contributed by atoms with Gasteiger partial charge in [-0.1, -0.05) is 31.2 Å². The van der Waals surface area contributed by atoms with Gasteiger partial charge < -0.3 is 10.2 Å². The van der Waals surface area contributed by atoms with Gasteiger partial charge in [-0.3, -0.25) is 14.5 Å². The van der Waals surface area contributed by atoms with Gasteiger partial charge in [0, 0.05) is 25.7 Å². The van der Waals surface area contributed by atoms with Gasteiger partial charge in [0.1, 0.15) is 17.7 Å². The molecule has 0 radical (unpaired) electrons. The summed E-state index contributed by atoms with van der Waals surface area (Å²) >= 11 is 0. The lowest BCUT2D eigenvalue weighted by molar-refractivity contribution is -0.139. The quantitative estimate of drug-likeness (QED) is 0.809. The molecule has 2 aliphatic rings. The zero-order valence-electron chi connectivity index (χ0n) is 17.6. The van der Waals surface area contributed by atoms with Crippen molar-refractivity contribution in [1.82, 2.24) is 9.80 Å². The molecule has 1 fully saturated rings. The Morgan fingerprint density at radius 3 is 2.58 bits per heavy atom. The van der Waals surface area contributed by atoms with Crippen LogP contribution < -0.4 is 5.32 Å². The Balaban J connectivity index is 1.54. The summed E-state index contributed by atoms with van der Waals surface area (Å²) in [6, 6.07) is 10.2. The number of nitrogens with zero attached hydrogens (tertiary/aromatic N) is 2. The van der Waals surface area contributed by atoms with Gasteiger partial charge >= 0.3 is 0 Å². The van der Waals surface area contributed by atoms with E-state index >= 15 is 0 Å². The fourth-order valence-corrected chi connectivity index (χ4v) is 4.45. The van der Waals surface area contributed by atoms with Gasteiger partial charge in [0.25, 0.3) is 0 Å². The molecule has 5 nitrogen and oxygen atoms in total. The average Bonchev–Trinajstić information content (AvgIpc) is 2.76. The van der Waals surface area contributed by atoms with Gasteiger partial charge in [-0.15, -0.1) is 0 Å². The first kappa shape index (κ1) is 21.4. The normalized spacial score (nSPS) is 19.7. The fraction of sp³-hybridized carbons (Fsp3) is 0.417. The third-order valence-corrected chi connectivity index (χ3v) is 6.26. The maximum absolute atomic E-state index is 13.9. The number of rotatable bonds is 4. The second-order valence-corrected chi connectivity index (χ2v) is 8.50. The maximum atomic E-state index is 13.9. The number of fused-ring (bicyclic) bond motifs is 1. The first-order valence-corrected chi connectivity index (χ1v) is 10.8. The van der Waals surface area contributed by atoms with Gasteiger partial charge in [-0.25, -0.2) is 8.78 Å². The van der Waals surface area contributed by atoms with Crippen molar-refractivity contribution < 1.29 is 18.4 Å². The summed E-state index contributed by atoms with van der Waals surface area (Å²) in [6.07, 6.45) is 2.66. The zero-order chi connectivity index (χ0) is 22.0. The van der Waals surface area contributed by atoms with Crippen LogP contribution in [0, 0.1) is 17.6 Å². The monoisotopic (exact) mass is 427 g/mol. The molecule has 0 bridgehead atoms. The average molecular weight is 427 g/mol. The van der Waals surface area contributed by atoms with Gasteiger partial charge in [0.15, 0.2) is 0 Å². The highest BCUT2D eigenvalue weighted by Crippen LogP contribution is 2.32. The molecule has 2 aliphatic heterocycles. The fourth-order valence-electron chi connectivity index (χ4n) is 4.45. The predicted octanol–water partition coefficient (Wildman–Crippen LogP) is 3.76. The molecule has 1 atom stereocenters. The summed E-state index contributed by atoms with van der Waals surface area (Å²) in [7, 11) is 0. The molecule has 0 spiro atoms. The maximum Gasteiger partial charge on any atom is 0.244 e. The summed E-state index contributed by atoms with van der Waals surface area (Å²) in [5, 5.41) is 2.45. The van der Waals surface area contributed by atoms with E-state index in [1.165, 1.54) is 0 Å². The van der Waals surface area contributed by atoms with Crippen molar-refractivity contribution >= 4 is 17.5 Å². The molecule has 0 unspecified atom stereocenters. The van der Waals surface area contributed by atoms with Crippen molar-refractivity contribution in [3.63, 3.8) is 0 Å². The minimum absolute atomic E-state index is 0.00351. The van der Waals surface area contributed by atoms with E-state index in [1.807, 2.05) is 34.1 Å². The summed E-state index contributed by atoms with van der Waals surface area (Å²) in [5.74, 6) is -1.20. The first-order valence-electron chi connectivity index (χ1n) is 10.8. The van der Waals surface area contributed by atoms with Crippen LogP contribution in [0.15, 0.2) is 42.5 Å². The van der Waals surface area contributed by atoms with Crippen LogP contribution in [0.25, 0.3) is 0 Å². The molecule has 1 saturated heterocycles. The lowest BCUT2D eigenvalue weighted by atomic mass is 9.90. The van der Waals surface area contributed by atoms with Crippen LogP contribution in [0.5, 0.6) is 0 Å². The molecule has 2 aromatic rings. The highest BCUT2D eigenvalue weighted by atomic mass is 19.1. The number of amides is 2. The van der Waals surface area contributed by atoms with Crippen molar-refractivity contribution in [3.05, 3.63) is 65.2 Å². The van der Waals surface area contributed by atoms with Crippen LogP contribution in [-0.2, 0) is 16.0 Å². The summed E-state index contributed by atoms with van der Waals surface area (Å²) in [5.41, 5.74) is 1.83. The number of nitrogens with one attached hydrogen (secondary N) is 1. The minimum Gasteiger partial charge on any atom is -0.341 e. The van der Waals surface area contributed by atoms with Crippen LogP contribution in [-0.4, -0.2) is 47.8 Å². The molecule has 7 heteroatoms. The van der Waals surface area contributed by atoms with Crippen LogP contribution >= 0.6 is 0 Å². The molecule has 2 heterocycles. The highest BCUT2D eigenvalue weighted by Gasteiger charge is 2.37. The number of halogens is 2. The topological polar surface area (TPSA) is 52.7 Å². The van der Waals surface area contributed by atoms with E-state index in [4.69, 9.17) is 0 Å². The summed E-state index contributed by atoms with van der Waals surface area (Å²) < 4.78 is 27.4. The zero-order valence-corrected chi connectivity index (χ0v) is 17.6. The van der Waals surface area contributed by atoms with E-state index in [-0.39, 0.29) is 18.1 Å². The number of benzene rings is 2. The number of hydrogen-bond donors (Lipinski definition) is 1. The van der Waals surface area contributed by atoms with Crippen LogP contribution in [0.4, 0.5) is 14.5 Å². The van der Waals surface area contributed by atoms with Crippen LogP contribution in [0.1, 0.15) is 36.9 Å². The van der Waals surface area contributed by atoms with E-state index in [0.29, 0.717) is 25.6 Å². The Morgan fingerprint density at radius 1 is 1.06 bits per heavy atom. The molecular weight excluding hydrogens is 400 g/mol. The molecule has 2 amide bonds. The summed E-state index contributed by atoms with van der Waals surface area (Å²) in [4.78, 5) is 29.9. The van der Waals surface area contributed by atoms with Crippen molar-refractivity contribution in [1.29, 1.82) is 0 Å². The van der Waals surface area contributed by atoms with Gasteiger partial charge in [-0.05, 0) is 48.4 Å². The third-order valence-electron chi connectivity index (χ3n) is 6.26. The molecule has 0 aliphatic carbocycles. The van der Waals surface area contributed by atoms with E-state index in [0.717, 1.165) is 48.6 Å². The Labute approximate surface area is 181 Å². The number of carbonyl (C=O) groups excluding carboxylic acids is 2. The molecule has 0 aromatic heterocycles. The van der Waals surface area contributed by atoms with Crippen molar-refractivity contribution in [3.8, 4) is 0 Å². The number of likely N-dealkylation sites (tertiary alicyclic amines) is 1. The van der Waals surface area contributed by atoms with E-state index in [1.54, 1.807) is 0 Å². The van der Waals surface area contributed by atoms with Gasteiger partial charge in [0.05, 0.1) is 12.2 Å². The van der Waals surface area contributed by atoms with E-state index in [9.17, 15) is 18.4 Å². The molecule has 2 aromatic carbocycles. The van der Waals surface area contributed by atoms with Gasteiger partial charge in [0.2, 0.25) is 11.8 Å². The SMILES string of the molecule is CC1CCN(C(=O)[C@@H]2c3ccccc3CCN2CC(=O)Nc2cc(F)ccc2F)CC1. The Bertz CT molecular complexity index is 973. The lowest BCUT2D eigenvalue weighted by Crippen LogP contribution is -2.50. The second-order valence-electron chi connectivity index (χ2n) is 8.50. The van der Waals surface area contributed by atoms with Gasteiger partial charge in [-0.2, -0.15) is 0 Å². The van der Waals surface area contributed by atoms with Crippen molar-refractivity contribution in [2.24, 2.45) is 5.92 Å². The Kier molecular flexibility index (Phi) is 6.32. The number of piperidine rings is 1. The lowest BCUT2D eigenvalue weighted by Gasteiger charge is -2.40. The molecule has 0 saturated carbocycles. The predicted molar refractivity (Wildman–Crippen MR) is 114 cm³/mol. The Hall–Kier alpha value is -2.80. The smallest absolute Gasteiger partial charge is 0.244 e. The number of hydrogen-bond acceptors (Lipinski definition) is 3.